The highest BCUT2D eigenvalue weighted by atomic mass is 16.5. The van der Waals surface area contributed by atoms with E-state index in [0.29, 0.717) is 6.04 Å². The molecule has 100 valence electrons. The van der Waals surface area contributed by atoms with Gasteiger partial charge in [0.1, 0.15) is 0 Å². The van der Waals surface area contributed by atoms with Crippen LogP contribution in [0, 0.1) is 5.92 Å². The number of ether oxygens (including phenoxy) is 1. The third-order valence-corrected chi connectivity index (χ3v) is 4.20. The van der Waals surface area contributed by atoms with Gasteiger partial charge >= 0.3 is 0 Å². The molecule has 2 rings (SSSR count). The minimum Gasteiger partial charge on any atom is -0.394 e. The van der Waals surface area contributed by atoms with Gasteiger partial charge < -0.3 is 15.2 Å². The fraction of sp³-hybridized carbons (Fsp3) is 1.00. The van der Waals surface area contributed by atoms with Crippen molar-refractivity contribution in [2.24, 2.45) is 5.92 Å². The second-order valence-corrected chi connectivity index (χ2v) is 5.37. The number of nitrogens with one attached hydrogen (secondary N) is 1. The topological polar surface area (TPSA) is 44.7 Å². The standard InChI is InChI=1S/C13H26N2O2/c1-14-13-5-3-2-4-11(13)8-15-6-7-17-12(9-15)10-16/h11-14,16H,2-10H2,1H3. The summed E-state index contributed by atoms with van der Waals surface area (Å²) < 4.78 is 5.49. The normalized spacial score (nSPS) is 36.0. The molecule has 0 bridgehead atoms. The van der Waals surface area contributed by atoms with Gasteiger partial charge in [-0.3, -0.25) is 4.90 Å². The van der Waals surface area contributed by atoms with E-state index in [0.717, 1.165) is 32.2 Å². The van der Waals surface area contributed by atoms with Gasteiger partial charge in [-0.15, -0.1) is 0 Å². The quantitative estimate of drug-likeness (QED) is 0.752. The van der Waals surface area contributed by atoms with Gasteiger partial charge in [0.2, 0.25) is 0 Å². The van der Waals surface area contributed by atoms with Gasteiger partial charge in [0.05, 0.1) is 19.3 Å². The maximum atomic E-state index is 9.15. The van der Waals surface area contributed by atoms with E-state index < -0.39 is 0 Å². The van der Waals surface area contributed by atoms with E-state index in [1.807, 2.05) is 0 Å². The summed E-state index contributed by atoms with van der Waals surface area (Å²) >= 11 is 0. The van der Waals surface area contributed by atoms with Crippen LogP contribution in [0.1, 0.15) is 25.7 Å². The lowest BCUT2D eigenvalue weighted by Crippen LogP contribution is -2.49. The molecule has 0 amide bonds. The van der Waals surface area contributed by atoms with Crippen molar-refractivity contribution >= 4 is 0 Å². The summed E-state index contributed by atoms with van der Waals surface area (Å²) in [6.07, 6.45) is 5.42. The minimum atomic E-state index is 0.0281. The monoisotopic (exact) mass is 242 g/mol. The lowest BCUT2D eigenvalue weighted by Gasteiger charge is -2.38. The summed E-state index contributed by atoms with van der Waals surface area (Å²) in [7, 11) is 2.08. The molecule has 2 aliphatic rings. The maximum Gasteiger partial charge on any atom is 0.0932 e. The molecule has 1 saturated carbocycles. The van der Waals surface area contributed by atoms with Crippen LogP contribution in [0.3, 0.4) is 0 Å². The zero-order valence-corrected chi connectivity index (χ0v) is 10.9. The van der Waals surface area contributed by atoms with Crippen LogP contribution < -0.4 is 5.32 Å². The third kappa shape index (κ3) is 3.65. The van der Waals surface area contributed by atoms with Crippen LogP contribution in [0.25, 0.3) is 0 Å². The Morgan fingerprint density at radius 3 is 2.94 bits per heavy atom. The average Bonchev–Trinajstić information content (AvgIpc) is 2.39. The molecule has 1 heterocycles. The Bertz CT molecular complexity index is 225. The van der Waals surface area contributed by atoms with Gasteiger partial charge in [-0.1, -0.05) is 12.8 Å². The minimum absolute atomic E-state index is 0.0281. The number of aliphatic hydroxyl groups excluding tert-OH is 1. The number of aliphatic hydroxyl groups is 1. The Labute approximate surface area is 104 Å². The van der Waals surface area contributed by atoms with Gasteiger partial charge in [-0.05, 0) is 25.8 Å². The summed E-state index contributed by atoms with van der Waals surface area (Å²) in [5, 5.41) is 12.6. The molecule has 3 atom stereocenters. The molecule has 4 nitrogen and oxygen atoms in total. The summed E-state index contributed by atoms with van der Waals surface area (Å²) in [4.78, 5) is 2.46. The van der Waals surface area contributed by atoms with Crippen molar-refractivity contribution in [3.8, 4) is 0 Å². The molecule has 0 aromatic rings. The van der Waals surface area contributed by atoms with Gasteiger partial charge in [-0.2, -0.15) is 0 Å². The first-order valence-corrected chi connectivity index (χ1v) is 6.95. The smallest absolute Gasteiger partial charge is 0.0932 e. The summed E-state index contributed by atoms with van der Waals surface area (Å²) in [6.45, 7) is 3.98. The van der Waals surface area contributed by atoms with Crippen LogP contribution in [0.15, 0.2) is 0 Å². The Kier molecular flexibility index (Phi) is 5.22. The van der Waals surface area contributed by atoms with E-state index in [1.54, 1.807) is 0 Å². The summed E-state index contributed by atoms with van der Waals surface area (Å²) in [5.41, 5.74) is 0. The Balaban J connectivity index is 1.81. The highest BCUT2D eigenvalue weighted by Gasteiger charge is 2.28. The van der Waals surface area contributed by atoms with Crippen LogP contribution >= 0.6 is 0 Å². The van der Waals surface area contributed by atoms with Gasteiger partial charge in [0, 0.05) is 25.7 Å². The molecule has 0 aromatic carbocycles. The molecule has 1 saturated heterocycles. The van der Waals surface area contributed by atoms with Crippen LogP contribution in [0.5, 0.6) is 0 Å². The van der Waals surface area contributed by atoms with Crippen molar-refractivity contribution < 1.29 is 9.84 Å². The van der Waals surface area contributed by atoms with Crippen molar-refractivity contribution in [1.29, 1.82) is 0 Å². The predicted molar refractivity (Wildman–Crippen MR) is 68.1 cm³/mol. The average molecular weight is 242 g/mol. The molecule has 1 aliphatic heterocycles. The van der Waals surface area contributed by atoms with Crippen molar-refractivity contribution in [3.05, 3.63) is 0 Å². The van der Waals surface area contributed by atoms with Crippen molar-refractivity contribution in [3.63, 3.8) is 0 Å². The van der Waals surface area contributed by atoms with Gasteiger partial charge in [0.25, 0.3) is 0 Å². The second-order valence-electron chi connectivity index (χ2n) is 5.37. The number of hydrogen-bond donors (Lipinski definition) is 2. The lowest BCUT2D eigenvalue weighted by molar-refractivity contribution is -0.0583. The highest BCUT2D eigenvalue weighted by Crippen LogP contribution is 2.25. The first-order chi connectivity index (χ1) is 8.33. The fourth-order valence-electron chi connectivity index (χ4n) is 3.19. The molecular weight excluding hydrogens is 216 g/mol. The van der Waals surface area contributed by atoms with Crippen molar-refractivity contribution in [2.45, 2.75) is 37.8 Å². The van der Waals surface area contributed by atoms with E-state index in [2.05, 4.69) is 17.3 Å². The number of hydrogen-bond acceptors (Lipinski definition) is 4. The van der Waals surface area contributed by atoms with E-state index >= 15 is 0 Å². The van der Waals surface area contributed by atoms with Crippen LogP contribution in [0.2, 0.25) is 0 Å². The largest absolute Gasteiger partial charge is 0.394 e. The Morgan fingerprint density at radius 2 is 2.18 bits per heavy atom. The van der Waals surface area contributed by atoms with E-state index in [4.69, 9.17) is 9.84 Å². The molecule has 0 radical (unpaired) electrons. The molecule has 0 aromatic heterocycles. The van der Waals surface area contributed by atoms with Crippen LogP contribution in [0.4, 0.5) is 0 Å². The highest BCUT2D eigenvalue weighted by molar-refractivity contribution is 4.83. The maximum absolute atomic E-state index is 9.15. The predicted octanol–water partition coefficient (Wildman–Crippen LogP) is 0.458. The molecule has 4 heteroatoms. The molecule has 17 heavy (non-hydrogen) atoms. The summed E-state index contributed by atoms with van der Waals surface area (Å²) in [5.74, 6) is 0.770. The van der Waals surface area contributed by atoms with E-state index in [1.165, 1.54) is 25.7 Å². The first kappa shape index (κ1) is 13.3. The first-order valence-electron chi connectivity index (χ1n) is 6.95. The zero-order valence-electron chi connectivity index (χ0n) is 10.9. The van der Waals surface area contributed by atoms with E-state index in [-0.39, 0.29) is 12.7 Å². The van der Waals surface area contributed by atoms with Crippen molar-refractivity contribution in [1.82, 2.24) is 10.2 Å². The Morgan fingerprint density at radius 1 is 1.35 bits per heavy atom. The van der Waals surface area contributed by atoms with Gasteiger partial charge in [0.15, 0.2) is 0 Å². The zero-order chi connectivity index (χ0) is 12.1. The lowest BCUT2D eigenvalue weighted by atomic mass is 9.84. The summed E-state index contributed by atoms with van der Waals surface area (Å²) in [6, 6.07) is 0.680. The van der Waals surface area contributed by atoms with Crippen LogP contribution in [-0.4, -0.2) is 62.0 Å². The van der Waals surface area contributed by atoms with Crippen molar-refractivity contribution in [2.75, 3.05) is 39.9 Å². The Hall–Kier alpha value is -0.160. The van der Waals surface area contributed by atoms with Gasteiger partial charge in [-0.25, -0.2) is 0 Å². The number of nitrogens with zero attached hydrogens (tertiary/aromatic N) is 1. The van der Waals surface area contributed by atoms with E-state index in [9.17, 15) is 0 Å². The second kappa shape index (κ2) is 6.69. The molecule has 0 spiro atoms. The number of morpholine rings is 1. The molecule has 1 aliphatic carbocycles. The molecule has 2 N–H and O–H groups in total. The molecule has 3 unspecified atom stereocenters. The fourth-order valence-corrected chi connectivity index (χ4v) is 3.19. The SMILES string of the molecule is CNC1CCCCC1CN1CCOC(CO)C1. The molecule has 2 fully saturated rings. The van der Waals surface area contributed by atoms with Crippen LogP contribution in [-0.2, 0) is 4.74 Å². The number of rotatable bonds is 4. The molecular formula is C13H26N2O2. The third-order valence-electron chi connectivity index (χ3n) is 4.20.